The minimum Gasteiger partial charge on any atom is -0.393 e. The molecule has 6 rings (SSSR count). The number of ether oxygens (including phenoxy) is 1. The molecule has 12 atom stereocenters. The zero-order valence-electron chi connectivity index (χ0n) is 19.8. The van der Waals surface area contributed by atoms with E-state index in [2.05, 4.69) is 33.0 Å². The lowest BCUT2D eigenvalue weighted by Gasteiger charge is -2.61. The number of aliphatic hydroxyl groups is 1. The predicted molar refractivity (Wildman–Crippen MR) is 120 cm³/mol. The van der Waals surface area contributed by atoms with E-state index in [1.807, 2.05) is 0 Å². The Morgan fingerprint density at radius 1 is 0.867 bits per heavy atom. The molecule has 2 saturated heterocycles. The molecule has 3 nitrogen and oxygen atoms in total. The second-order valence-electron chi connectivity index (χ2n) is 13.3. The molecule has 30 heavy (non-hydrogen) atoms. The van der Waals surface area contributed by atoms with Gasteiger partial charge in [-0.2, -0.15) is 0 Å². The average molecular weight is 416 g/mol. The van der Waals surface area contributed by atoms with Gasteiger partial charge in [0, 0.05) is 12.5 Å². The van der Waals surface area contributed by atoms with Crippen LogP contribution in [0.2, 0.25) is 0 Å². The Morgan fingerprint density at radius 3 is 2.43 bits per heavy atom. The fourth-order valence-corrected chi connectivity index (χ4v) is 10.4. The van der Waals surface area contributed by atoms with E-state index in [1.165, 1.54) is 51.4 Å². The van der Waals surface area contributed by atoms with E-state index in [1.54, 1.807) is 0 Å². The van der Waals surface area contributed by atoms with Gasteiger partial charge < -0.3 is 9.84 Å². The van der Waals surface area contributed by atoms with Crippen molar-refractivity contribution in [2.45, 2.75) is 110 Å². The molecular formula is C27H45NO2. The molecule has 2 aliphatic heterocycles. The maximum atomic E-state index is 10.3. The molecule has 0 aromatic carbocycles. The maximum absolute atomic E-state index is 10.3. The highest BCUT2D eigenvalue weighted by atomic mass is 16.5. The highest BCUT2D eigenvalue weighted by Gasteiger charge is 2.68. The number of nitrogens with one attached hydrogen (secondary N) is 1. The summed E-state index contributed by atoms with van der Waals surface area (Å²) in [6.45, 7) is 11.3. The molecule has 0 bridgehead atoms. The fraction of sp³-hybridized carbons (Fsp3) is 1.00. The highest BCUT2D eigenvalue weighted by molar-refractivity contribution is 5.16. The number of rotatable bonds is 0. The monoisotopic (exact) mass is 415 g/mol. The van der Waals surface area contributed by atoms with Crippen molar-refractivity contribution in [2.75, 3.05) is 6.54 Å². The van der Waals surface area contributed by atoms with Gasteiger partial charge in [-0.3, -0.25) is 5.32 Å². The van der Waals surface area contributed by atoms with Gasteiger partial charge in [-0.15, -0.1) is 0 Å². The van der Waals surface area contributed by atoms with Gasteiger partial charge >= 0.3 is 0 Å². The van der Waals surface area contributed by atoms with Crippen LogP contribution in [0.15, 0.2) is 0 Å². The number of hydrogen-bond acceptors (Lipinski definition) is 3. The zero-order valence-corrected chi connectivity index (χ0v) is 19.8. The molecular weight excluding hydrogens is 370 g/mol. The maximum Gasteiger partial charge on any atom is 0.122 e. The third kappa shape index (κ3) is 2.61. The highest BCUT2D eigenvalue weighted by Crippen LogP contribution is 2.71. The van der Waals surface area contributed by atoms with Crippen LogP contribution in [0.5, 0.6) is 0 Å². The third-order valence-corrected chi connectivity index (χ3v) is 12.1. The Balaban J connectivity index is 1.26. The Bertz CT molecular complexity index is 686. The molecule has 3 heteroatoms. The van der Waals surface area contributed by atoms with E-state index in [0.29, 0.717) is 22.9 Å². The summed E-state index contributed by atoms with van der Waals surface area (Å²) in [5.41, 5.74) is 0.919. The first-order valence-corrected chi connectivity index (χ1v) is 13.4. The Kier molecular flexibility index (Phi) is 4.58. The van der Waals surface area contributed by atoms with E-state index in [9.17, 15) is 5.11 Å². The van der Waals surface area contributed by atoms with Gasteiger partial charge in [0.2, 0.25) is 0 Å². The minimum atomic E-state index is -0.0320. The first kappa shape index (κ1) is 20.5. The van der Waals surface area contributed by atoms with Crippen molar-refractivity contribution < 1.29 is 9.84 Å². The van der Waals surface area contributed by atoms with Crippen molar-refractivity contribution >= 4 is 0 Å². The van der Waals surface area contributed by atoms with Gasteiger partial charge in [0.25, 0.3) is 0 Å². The standard InChI is InChI=1S/C27H45NO2/c1-16-7-12-27(28-15-16)17(2)24-23(30-27)14-22-20-6-5-18-13-19(29)8-10-25(18,3)21(20)9-11-26(22,24)4/h16-24,28-29H,5-15H2,1-4H3/t16-,17-,18-,19-,20+,21-,22-,23-,24-,25-,26-,27-/m1/s1. The summed E-state index contributed by atoms with van der Waals surface area (Å²) in [6.07, 6.45) is 13.2. The number of hydrogen-bond donors (Lipinski definition) is 2. The summed E-state index contributed by atoms with van der Waals surface area (Å²) in [7, 11) is 0. The van der Waals surface area contributed by atoms with Crippen LogP contribution in [0.3, 0.4) is 0 Å². The number of fused-ring (bicyclic) bond motifs is 7. The third-order valence-electron chi connectivity index (χ3n) is 12.1. The van der Waals surface area contributed by atoms with Crippen molar-refractivity contribution in [1.29, 1.82) is 0 Å². The van der Waals surface area contributed by atoms with Crippen LogP contribution >= 0.6 is 0 Å². The van der Waals surface area contributed by atoms with Gasteiger partial charge in [-0.1, -0.05) is 27.7 Å². The summed E-state index contributed by atoms with van der Waals surface area (Å²) < 4.78 is 7.01. The number of aliphatic hydroxyl groups excluding tert-OH is 1. The molecule has 0 unspecified atom stereocenters. The molecule has 0 aromatic rings. The lowest BCUT2D eigenvalue weighted by atomic mass is 9.44. The van der Waals surface area contributed by atoms with Crippen LogP contribution in [-0.4, -0.2) is 29.6 Å². The van der Waals surface area contributed by atoms with Crippen LogP contribution in [0.4, 0.5) is 0 Å². The Hall–Kier alpha value is -0.120. The fourth-order valence-electron chi connectivity index (χ4n) is 10.4. The van der Waals surface area contributed by atoms with E-state index in [4.69, 9.17) is 4.74 Å². The van der Waals surface area contributed by atoms with Crippen LogP contribution < -0.4 is 5.32 Å². The van der Waals surface area contributed by atoms with E-state index in [-0.39, 0.29) is 11.8 Å². The normalized spacial score (nSPS) is 62.5. The van der Waals surface area contributed by atoms with E-state index >= 15 is 0 Å². The first-order valence-electron chi connectivity index (χ1n) is 13.4. The quantitative estimate of drug-likeness (QED) is 0.559. The van der Waals surface area contributed by atoms with Gasteiger partial charge in [-0.05, 0) is 111 Å². The molecule has 4 aliphatic carbocycles. The number of piperidine rings is 1. The van der Waals surface area contributed by atoms with Crippen LogP contribution in [0.25, 0.3) is 0 Å². The van der Waals surface area contributed by atoms with Crippen molar-refractivity contribution in [2.24, 2.45) is 52.3 Å². The SMILES string of the molecule is C[C@@H]1CC[C@@]2(NC1)O[C@@H]1C[C@@H]3[C@H]4CC[C@@H]5C[C@H](O)CC[C@@]5(C)[C@@H]4CC[C@@]3(C)[C@@H]1[C@H]2C. The summed E-state index contributed by atoms with van der Waals surface area (Å²) in [4.78, 5) is 0. The topological polar surface area (TPSA) is 41.5 Å². The first-order chi connectivity index (χ1) is 14.3. The summed E-state index contributed by atoms with van der Waals surface area (Å²) >= 11 is 0. The summed E-state index contributed by atoms with van der Waals surface area (Å²) in [5.74, 6) is 5.57. The van der Waals surface area contributed by atoms with Crippen LogP contribution in [-0.2, 0) is 4.74 Å². The van der Waals surface area contributed by atoms with Crippen molar-refractivity contribution in [1.82, 2.24) is 5.32 Å². The molecule has 2 N–H and O–H groups in total. The van der Waals surface area contributed by atoms with Gasteiger partial charge in [-0.25, -0.2) is 0 Å². The van der Waals surface area contributed by atoms with Gasteiger partial charge in [0.1, 0.15) is 5.72 Å². The molecule has 170 valence electrons. The largest absolute Gasteiger partial charge is 0.393 e. The van der Waals surface area contributed by atoms with Gasteiger partial charge in [0.15, 0.2) is 0 Å². The summed E-state index contributed by atoms with van der Waals surface area (Å²) in [6, 6.07) is 0. The Labute approximate surface area is 184 Å². The van der Waals surface area contributed by atoms with Crippen molar-refractivity contribution in [3.63, 3.8) is 0 Å². The summed E-state index contributed by atoms with van der Waals surface area (Å²) in [5, 5.41) is 14.2. The van der Waals surface area contributed by atoms with Crippen molar-refractivity contribution in [3.8, 4) is 0 Å². The molecule has 6 aliphatic rings. The van der Waals surface area contributed by atoms with Gasteiger partial charge in [0.05, 0.1) is 12.2 Å². The second-order valence-corrected chi connectivity index (χ2v) is 13.3. The zero-order chi connectivity index (χ0) is 20.9. The molecule has 1 spiro atoms. The lowest BCUT2D eigenvalue weighted by molar-refractivity contribution is -0.140. The molecule has 2 heterocycles. The molecule has 4 saturated carbocycles. The average Bonchev–Trinajstić information content (AvgIpc) is 3.16. The lowest BCUT2D eigenvalue weighted by Crippen LogP contribution is -2.57. The predicted octanol–water partition coefficient (Wildman–Crippen LogP) is 5.37. The van der Waals surface area contributed by atoms with Crippen molar-refractivity contribution in [3.05, 3.63) is 0 Å². The van der Waals surface area contributed by atoms with Crippen LogP contribution in [0.1, 0.15) is 91.9 Å². The molecule has 0 aromatic heterocycles. The van der Waals surface area contributed by atoms with Crippen LogP contribution in [0, 0.1) is 52.3 Å². The van der Waals surface area contributed by atoms with E-state index in [0.717, 1.165) is 54.9 Å². The Morgan fingerprint density at radius 2 is 1.67 bits per heavy atom. The molecule has 0 amide bonds. The second kappa shape index (κ2) is 6.70. The molecule has 0 radical (unpaired) electrons. The van der Waals surface area contributed by atoms with E-state index < -0.39 is 0 Å². The molecule has 6 fully saturated rings. The smallest absolute Gasteiger partial charge is 0.122 e. The minimum absolute atomic E-state index is 0.0319.